The molecular weight excluding hydrogens is 329 g/mol. The van der Waals surface area contributed by atoms with Crippen LogP contribution in [0.1, 0.15) is 58.6 Å². The van der Waals surface area contributed by atoms with Crippen molar-refractivity contribution in [2.75, 3.05) is 6.61 Å². The van der Waals surface area contributed by atoms with E-state index in [0.717, 1.165) is 25.3 Å². The van der Waals surface area contributed by atoms with Crippen molar-refractivity contribution in [2.45, 2.75) is 59.2 Å². The van der Waals surface area contributed by atoms with Crippen molar-refractivity contribution in [3.05, 3.63) is 24.0 Å². The van der Waals surface area contributed by atoms with Crippen LogP contribution in [0.3, 0.4) is 0 Å². The molecule has 0 radical (unpaired) electrons. The van der Waals surface area contributed by atoms with Gasteiger partial charge in [-0.2, -0.15) is 13.2 Å². The maximum Gasteiger partial charge on any atom is 0.418 e. The second-order valence-corrected chi connectivity index (χ2v) is 8.25. The first kappa shape index (κ1) is 18.1. The molecule has 1 aromatic heterocycles. The number of hydrogen-bond acceptors (Lipinski definition) is 2. The lowest BCUT2D eigenvalue weighted by Gasteiger charge is -2.43. The highest BCUT2D eigenvalue weighted by atomic mass is 19.4. The third kappa shape index (κ3) is 3.77. The van der Waals surface area contributed by atoms with Crippen molar-refractivity contribution >= 4 is 11.0 Å². The summed E-state index contributed by atoms with van der Waals surface area (Å²) in [5, 5.41) is 0. The van der Waals surface area contributed by atoms with Crippen LogP contribution in [0.2, 0.25) is 0 Å². The molecule has 0 amide bonds. The van der Waals surface area contributed by atoms with E-state index in [0.29, 0.717) is 18.0 Å². The second-order valence-electron chi connectivity index (χ2n) is 8.25. The van der Waals surface area contributed by atoms with Crippen LogP contribution in [0.25, 0.3) is 11.0 Å². The Balaban J connectivity index is 1.97. The number of fused-ring (bicyclic) bond motifs is 1. The van der Waals surface area contributed by atoms with Crippen LogP contribution < -0.4 is 4.74 Å². The van der Waals surface area contributed by atoms with Crippen molar-refractivity contribution in [3.63, 3.8) is 0 Å². The maximum atomic E-state index is 13.6. The average Bonchev–Trinajstić information content (AvgIpc) is 2.85. The van der Waals surface area contributed by atoms with Crippen LogP contribution in [0.5, 0.6) is 5.75 Å². The monoisotopic (exact) mass is 354 g/mol. The van der Waals surface area contributed by atoms with Crippen molar-refractivity contribution in [2.24, 2.45) is 11.3 Å². The summed E-state index contributed by atoms with van der Waals surface area (Å²) in [6.07, 6.45) is -0.375. The molecule has 1 aliphatic rings. The van der Waals surface area contributed by atoms with Gasteiger partial charge >= 0.3 is 6.18 Å². The number of imidazole rings is 1. The largest absolute Gasteiger partial charge is 0.493 e. The predicted octanol–water partition coefficient (Wildman–Crippen LogP) is 5.84. The number of rotatable bonds is 5. The molecule has 0 N–H and O–H groups in total. The van der Waals surface area contributed by atoms with Gasteiger partial charge in [0.25, 0.3) is 0 Å². The number of hydrogen-bond donors (Lipinski definition) is 0. The lowest BCUT2D eigenvalue weighted by atomic mass is 9.68. The van der Waals surface area contributed by atoms with Crippen LogP contribution in [-0.4, -0.2) is 16.2 Å². The van der Waals surface area contributed by atoms with Crippen molar-refractivity contribution in [3.8, 4) is 5.75 Å². The molecule has 0 saturated heterocycles. The number of halogens is 3. The number of aromatic nitrogens is 2. The van der Waals surface area contributed by atoms with Gasteiger partial charge in [0, 0.05) is 12.1 Å². The van der Waals surface area contributed by atoms with E-state index in [1.165, 1.54) is 6.33 Å². The fourth-order valence-electron chi connectivity index (χ4n) is 3.55. The van der Waals surface area contributed by atoms with Gasteiger partial charge in [-0.1, -0.05) is 27.7 Å². The molecule has 3 rings (SSSR count). The minimum atomic E-state index is -4.44. The molecule has 3 nitrogen and oxygen atoms in total. The molecule has 0 spiro atoms. The van der Waals surface area contributed by atoms with Gasteiger partial charge in [0.05, 0.1) is 29.5 Å². The van der Waals surface area contributed by atoms with E-state index in [2.05, 4.69) is 32.7 Å². The highest BCUT2D eigenvalue weighted by molar-refractivity contribution is 5.82. The first-order valence-corrected chi connectivity index (χ1v) is 8.77. The van der Waals surface area contributed by atoms with Gasteiger partial charge < -0.3 is 9.30 Å². The fraction of sp³-hybridized carbons (Fsp3) is 0.632. The topological polar surface area (TPSA) is 27.1 Å². The normalized spacial score (nSPS) is 17.9. The molecule has 1 heterocycles. The van der Waals surface area contributed by atoms with E-state index in [9.17, 15) is 13.2 Å². The Morgan fingerprint density at radius 2 is 1.96 bits per heavy atom. The first-order valence-electron chi connectivity index (χ1n) is 8.77. The van der Waals surface area contributed by atoms with Crippen LogP contribution in [0.4, 0.5) is 13.2 Å². The van der Waals surface area contributed by atoms with Gasteiger partial charge in [0.2, 0.25) is 0 Å². The Morgan fingerprint density at radius 1 is 1.28 bits per heavy atom. The lowest BCUT2D eigenvalue weighted by molar-refractivity contribution is -0.136. The molecule has 0 bridgehead atoms. The zero-order chi connectivity index (χ0) is 18.4. The maximum absolute atomic E-state index is 13.6. The zero-order valence-electron chi connectivity index (χ0n) is 15.2. The van der Waals surface area contributed by atoms with Gasteiger partial charge in [0.1, 0.15) is 5.75 Å². The molecule has 1 saturated carbocycles. The third-order valence-corrected chi connectivity index (χ3v) is 4.88. The quantitative estimate of drug-likeness (QED) is 0.674. The summed E-state index contributed by atoms with van der Waals surface area (Å²) in [7, 11) is 0. The number of ether oxygens (including phenoxy) is 1. The van der Waals surface area contributed by atoms with E-state index in [1.54, 1.807) is 10.6 Å². The second kappa shape index (κ2) is 6.22. The fourth-order valence-corrected chi connectivity index (χ4v) is 3.55. The minimum absolute atomic E-state index is 0.0776. The Morgan fingerprint density at radius 3 is 2.52 bits per heavy atom. The molecule has 0 unspecified atom stereocenters. The highest BCUT2D eigenvalue weighted by Crippen LogP contribution is 2.49. The Kier molecular flexibility index (Phi) is 4.50. The van der Waals surface area contributed by atoms with Crippen molar-refractivity contribution in [1.82, 2.24) is 9.55 Å². The molecule has 138 valence electrons. The van der Waals surface area contributed by atoms with Crippen LogP contribution in [-0.2, 0) is 6.18 Å². The summed E-state index contributed by atoms with van der Waals surface area (Å²) in [4.78, 5) is 4.23. The van der Waals surface area contributed by atoms with Gasteiger partial charge in [-0.25, -0.2) is 4.98 Å². The van der Waals surface area contributed by atoms with Gasteiger partial charge in [0.15, 0.2) is 0 Å². The van der Waals surface area contributed by atoms with E-state index < -0.39 is 11.7 Å². The Labute approximate surface area is 146 Å². The van der Waals surface area contributed by atoms with E-state index in [-0.39, 0.29) is 22.7 Å². The predicted molar refractivity (Wildman–Crippen MR) is 91.7 cm³/mol. The molecule has 2 aromatic rings. The molecule has 1 aliphatic carbocycles. The smallest absolute Gasteiger partial charge is 0.418 e. The summed E-state index contributed by atoms with van der Waals surface area (Å²) < 4.78 is 48.2. The Hall–Kier alpha value is -1.72. The number of nitrogens with zero attached hydrogens (tertiary/aromatic N) is 2. The summed E-state index contributed by atoms with van der Waals surface area (Å²) >= 11 is 0. The lowest BCUT2D eigenvalue weighted by Crippen LogP contribution is -2.33. The average molecular weight is 354 g/mol. The number of alkyl halides is 3. The van der Waals surface area contributed by atoms with E-state index in [4.69, 9.17) is 4.74 Å². The van der Waals surface area contributed by atoms with E-state index in [1.807, 2.05) is 0 Å². The molecule has 0 atom stereocenters. The zero-order valence-corrected chi connectivity index (χ0v) is 15.2. The standard InChI is InChI=1S/C19H25F3N2O/c1-12(2)5-6-25-14-7-15(19(20,21)22)17-16(8-14)23-11-24(17)13-9-18(3,4)10-13/h7-8,11-13H,5-6,9-10H2,1-4H3. The molecular formula is C19H25F3N2O. The molecule has 6 heteroatoms. The van der Waals surface area contributed by atoms with Gasteiger partial charge in [-0.3, -0.25) is 0 Å². The van der Waals surface area contributed by atoms with Crippen LogP contribution in [0, 0.1) is 11.3 Å². The number of benzene rings is 1. The molecule has 1 aromatic carbocycles. The van der Waals surface area contributed by atoms with E-state index >= 15 is 0 Å². The third-order valence-electron chi connectivity index (χ3n) is 4.88. The van der Waals surface area contributed by atoms with Gasteiger partial charge in [-0.05, 0) is 36.7 Å². The minimum Gasteiger partial charge on any atom is -0.493 e. The Bertz CT molecular complexity index is 754. The SMILES string of the molecule is CC(C)CCOc1cc(C(F)(F)F)c2c(c1)ncn2C1CC(C)(C)C1. The summed E-state index contributed by atoms with van der Waals surface area (Å²) in [5.41, 5.74) is 0.0366. The highest BCUT2D eigenvalue weighted by Gasteiger charge is 2.40. The molecule has 1 fully saturated rings. The van der Waals surface area contributed by atoms with Crippen LogP contribution >= 0.6 is 0 Å². The van der Waals surface area contributed by atoms with Crippen LogP contribution in [0.15, 0.2) is 18.5 Å². The summed E-state index contributed by atoms with van der Waals surface area (Å²) in [6.45, 7) is 8.77. The first-order chi connectivity index (χ1) is 11.6. The summed E-state index contributed by atoms with van der Waals surface area (Å²) in [6, 6.07) is 2.81. The molecule has 0 aliphatic heterocycles. The van der Waals surface area contributed by atoms with Crippen molar-refractivity contribution in [1.29, 1.82) is 0 Å². The van der Waals surface area contributed by atoms with Crippen molar-refractivity contribution < 1.29 is 17.9 Å². The molecule has 25 heavy (non-hydrogen) atoms. The summed E-state index contributed by atoms with van der Waals surface area (Å²) in [5.74, 6) is 0.673. The van der Waals surface area contributed by atoms with Gasteiger partial charge in [-0.15, -0.1) is 0 Å².